The summed E-state index contributed by atoms with van der Waals surface area (Å²) >= 11 is 0. The molecule has 1 heterocycles. The van der Waals surface area contributed by atoms with Gasteiger partial charge >= 0.3 is 0 Å². The zero-order valence-corrected chi connectivity index (χ0v) is 14.3. The van der Waals surface area contributed by atoms with Crippen molar-refractivity contribution in [3.63, 3.8) is 0 Å². The monoisotopic (exact) mass is 307 g/mol. The van der Waals surface area contributed by atoms with E-state index in [1.165, 1.54) is 0 Å². The molecule has 1 N–H and O–H groups in total. The van der Waals surface area contributed by atoms with Crippen LogP contribution < -0.4 is 5.32 Å². The molecule has 0 spiro atoms. The van der Waals surface area contributed by atoms with Gasteiger partial charge in [0.25, 0.3) is 0 Å². The maximum Gasteiger partial charge on any atom is 0.228 e. The van der Waals surface area contributed by atoms with Gasteiger partial charge in [-0.1, -0.05) is 25.1 Å². The molecule has 6 nitrogen and oxygen atoms in total. The second kappa shape index (κ2) is 9.97. The van der Waals surface area contributed by atoms with Crippen LogP contribution in [0.15, 0.2) is 22.2 Å². The van der Waals surface area contributed by atoms with Crippen molar-refractivity contribution in [2.75, 3.05) is 26.7 Å². The van der Waals surface area contributed by atoms with Gasteiger partial charge in [-0.05, 0) is 19.8 Å². The summed E-state index contributed by atoms with van der Waals surface area (Å²) in [6.45, 7) is 12.4. The predicted molar refractivity (Wildman–Crippen MR) is 90.1 cm³/mol. The maximum atomic E-state index is 5.23. The molecule has 0 atom stereocenters. The van der Waals surface area contributed by atoms with Gasteiger partial charge in [0.05, 0.1) is 6.54 Å². The third kappa shape index (κ3) is 6.28. The number of rotatable bonds is 9. The van der Waals surface area contributed by atoms with Crippen molar-refractivity contribution in [1.82, 2.24) is 20.4 Å². The van der Waals surface area contributed by atoms with E-state index in [2.05, 4.69) is 38.9 Å². The molecule has 0 aliphatic heterocycles. The molecule has 0 fully saturated rings. The van der Waals surface area contributed by atoms with Crippen LogP contribution in [0.25, 0.3) is 0 Å². The van der Waals surface area contributed by atoms with Gasteiger partial charge in [0.1, 0.15) is 0 Å². The molecule has 22 heavy (non-hydrogen) atoms. The Balaban J connectivity index is 2.51. The molecule has 0 radical (unpaired) electrons. The molecule has 0 bridgehead atoms. The van der Waals surface area contributed by atoms with Gasteiger partial charge in [-0.3, -0.25) is 4.99 Å². The lowest BCUT2D eigenvalue weighted by Crippen LogP contribution is -2.39. The smallest absolute Gasteiger partial charge is 0.228 e. The number of hydrogen-bond acceptors (Lipinski definition) is 4. The summed E-state index contributed by atoms with van der Waals surface area (Å²) in [6, 6.07) is 0. The van der Waals surface area contributed by atoms with E-state index in [0.717, 1.165) is 37.7 Å². The summed E-state index contributed by atoms with van der Waals surface area (Å²) in [5.74, 6) is 2.61. The highest BCUT2D eigenvalue weighted by molar-refractivity contribution is 5.79. The van der Waals surface area contributed by atoms with Crippen LogP contribution in [0.2, 0.25) is 0 Å². The summed E-state index contributed by atoms with van der Waals surface area (Å²) in [5, 5.41) is 7.27. The molecule has 0 saturated carbocycles. The van der Waals surface area contributed by atoms with Crippen LogP contribution in [0.3, 0.4) is 0 Å². The number of hydrogen-bond donors (Lipinski definition) is 1. The van der Waals surface area contributed by atoms with E-state index < -0.39 is 0 Å². The molecule has 0 saturated heterocycles. The third-order valence-electron chi connectivity index (χ3n) is 3.19. The SMILES string of the molecule is C=CCCCN(C)C(=NCCc1nc(C(C)C)no1)NCC. The van der Waals surface area contributed by atoms with E-state index >= 15 is 0 Å². The molecule has 0 aromatic carbocycles. The molecule has 1 rings (SSSR count). The minimum absolute atomic E-state index is 0.286. The molecule has 1 aromatic rings. The van der Waals surface area contributed by atoms with Crippen LogP contribution in [-0.4, -0.2) is 47.7 Å². The van der Waals surface area contributed by atoms with E-state index in [1.807, 2.05) is 27.0 Å². The van der Waals surface area contributed by atoms with E-state index in [-0.39, 0.29) is 5.92 Å². The molecule has 0 aliphatic rings. The van der Waals surface area contributed by atoms with Crippen molar-refractivity contribution in [1.29, 1.82) is 0 Å². The van der Waals surface area contributed by atoms with Crippen LogP contribution in [0.5, 0.6) is 0 Å². The van der Waals surface area contributed by atoms with Crippen molar-refractivity contribution >= 4 is 5.96 Å². The Morgan fingerprint density at radius 3 is 2.86 bits per heavy atom. The number of unbranched alkanes of at least 4 members (excludes halogenated alkanes) is 1. The van der Waals surface area contributed by atoms with Crippen molar-refractivity contribution < 1.29 is 4.52 Å². The number of nitrogens with zero attached hydrogens (tertiary/aromatic N) is 4. The molecule has 1 aromatic heterocycles. The minimum atomic E-state index is 0.286. The molecule has 0 amide bonds. The fourth-order valence-electron chi connectivity index (χ4n) is 1.91. The van der Waals surface area contributed by atoms with Crippen LogP contribution in [-0.2, 0) is 6.42 Å². The number of aromatic nitrogens is 2. The summed E-state index contributed by atoms with van der Waals surface area (Å²) in [4.78, 5) is 11.1. The average Bonchev–Trinajstić information content (AvgIpc) is 2.95. The first kappa shape index (κ1) is 18.2. The topological polar surface area (TPSA) is 66.5 Å². The van der Waals surface area contributed by atoms with Crippen molar-refractivity contribution in [2.45, 2.75) is 46.0 Å². The van der Waals surface area contributed by atoms with Crippen LogP contribution >= 0.6 is 0 Å². The van der Waals surface area contributed by atoms with E-state index in [9.17, 15) is 0 Å². The highest BCUT2D eigenvalue weighted by atomic mass is 16.5. The van der Waals surface area contributed by atoms with E-state index in [0.29, 0.717) is 18.9 Å². The van der Waals surface area contributed by atoms with Gasteiger partial charge in [-0.15, -0.1) is 6.58 Å². The normalized spacial score (nSPS) is 11.8. The zero-order chi connectivity index (χ0) is 16.4. The molecule has 6 heteroatoms. The highest BCUT2D eigenvalue weighted by Crippen LogP contribution is 2.09. The zero-order valence-electron chi connectivity index (χ0n) is 14.3. The second-order valence-electron chi connectivity index (χ2n) is 5.54. The van der Waals surface area contributed by atoms with Gasteiger partial charge < -0.3 is 14.7 Å². The van der Waals surface area contributed by atoms with E-state index in [4.69, 9.17) is 4.52 Å². The Bertz CT molecular complexity index is 467. The van der Waals surface area contributed by atoms with Crippen molar-refractivity contribution in [2.24, 2.45) is 4.99 Å². The van der Waals surface area contributed by atoms with Crippen molar-refractivity contribution in [3.8, 4) is 0 Å². The maximum absolute atomic E-state index is 5.23. The van der Waals surface area contributed by atoms with Gasteiger partial charge in [-0.2, -0.15) is 4.98 Å². The van der Waals surface area contributed by atoms with E-state index in [1.54, 1.807) is 0 Å². The summed E-state index contributed by atoms with van der Waals surface area (Å²) in [6.07, 6.45) is 4.70. The minimum Gasteiger partial charge on any atom is -0.357 e. The predicted octanol–water partition coefficient (Wildman–Crippen LogP) is 2.60. The quantitative estimate of drug-likeness (QED) is 0.329. The third-order valence-corrected chi connectivity index (χ3v) is 3.19. The molecule has 124 valence electrons. The first-order valence-electron chi connectivity index (χ1n) is 8.01. The first-order valence-corrected chi connectivity index (χ1v) is 8.01. The first-order chi connectivity index (χ1) is 10.6. The van der Waals surface area contributed by atoms with Crippen LogP contribution in [0.1, 0.15) is 51.2 Å². The Hall–Kier alpha value is -1.85. The molecule has 0 aliphatic carbocycles. The summed E-state index contributed by atoms with van der Waals surface area (Å²) in [5.41, 5.74) is 0. The molecule has 0 unspecified atom stereocenters. The lowest BCUT2D eigenvalue weighted by molar-refractivity contribution is 0.372. The largest absolute Gasteiger partial charge is 0.357 e. The Morgan fingerprint density at radius 2 is 2.27 bits per heavy atom. The Kier molecular flexibility index (Phi) is 8.25. The second-order valence-corrected chi connectivity index (χ2v) is 5.54. The lowest BCUT2D eigenvalue weighted by Gasteiger charge is -2.21. The summed E-state index contributed by atoms with van der Waals surface area (Å²) < 4.78 is 5.23. The van der Waals surface area contributed by atoms with Gasteiger partial charge in [0.2, 0.25) is 5.89 Å². The van der Waals surface area contributed by atoms with Gasteiger partial charge in [-0.25, -0.2) is 0 Å². The number of allylic oxidation sites excluding steroid dienone is 1. The fraction of sp³-hybridized carbons (Fsp3) is 0.688. The Labute approximate surface area is 133 Å². The Morgan fingerprint density at radius 1 is 1.50 bits per heavy atom. The average molecular weight is 307 g/mol. The van der Waals surface area contributed by atoms with Gasteiger partial charge in [0, 0.05) is 32.5 Å². The highest BCUT2D eigenvalue weighted by Gasteiger charge is 2.09. The lowest BCUT2D eigenvalue weighted by atomic mass is 10.2. The molecular weight excluding hydrogens is 278 g/mol. The standard InChI is InChI=1S/C16H29N5O/c1-6-8-9-12-21(5)16(17-7-2)18-11-10-14-19-15(13(3)4)20-22-14/h6,13H,1,7-12H2,2-5H3,(H,17,18). The number of aliphatic imine (C=N–C) groups is 1. The van der Waals surface area contributed by atoms with Crippen LogP contribution in [0.4, 0.5) is 0 Å². The van der Waals surface area contributed by atoms with Gasteiger partial charge in [0.15, 0.2) is 11.8 Å². The van der Waals surface area contributed by atoms with Crippen molar-refractivity contribution in [3.05, 3.63) is 24.4 Å². The number of guanidine groups is 1. The summed E-state index contributed by atoms with van der Waals surface area (Å²) in [7, 11) is 2.05. The molecular formula is C16H29N5O. The fourth-order valence-corrected chi connectivity index (χ4v) is 1.91. The van der Waals surface area contributed by atoms with Crippen LogP contribution in [0, 0.1) is 0 Å². The number of nitrogens with one attached hydrogen (secondary N) is 1.